The molecule has 0 bridgehead atoms. The molecule has 0 amide bonds. The van der Waals surface area contributed by atoms with Crippen LogP contribution in [0.3, 0.4) is 0 Å². The van der Waals surface area contributed by atoms with E-state index in [2.05, 4.69) is 4.98 Å². The van der Waals surface area contributed by atoms with Crippen LogP contribution in [0.2, 0.25) is 0 Å². The summed E-state index contributed by atoms with van der Waals surface area (Å²) in [4.78, 5) is 15.0. The molecule has 0 aliphatic carbocycles. The predicted molar refractivity (Wildman–Crippen MR) is 55.8 cm³/mol. The molecule has 0 spiro atoms. The van der Waals surface area contributed by atoms with Gasteiger partial charge >= 0.3 is 5.97 Å². The molecule has 0 fully saturated rings. The summed E-state index contributed by atoms with van der Waals surface area (Å²) < 4.78 is 4.72. The van der Waals surface area contributed by atoms with Crippen molar-refractivity contribution in [3.8, 4) is 0 Å². The lowest BCUT2D eigenvalue weighted by Gasteiger charge is -1.97. The molecule has 1 aromatic heterocycles. The minimum atomic E-state index is -0.395. The maximum Gasteiger partial charge on any atom is 0.330 e. The number of nitrogens with zero attached hydrogens (tertiary/aromatic N) is 1. The average molecular weight is 207 g/mol. The molecule has 0 saturated carbocycles. The van der Waals surface area contributed by atoms with Gasteiger partial charge in [0.2, 0.25) is 0 Å². The highest BCUT2D eigenvalue weighted by molar-refractivity contribution is 5.86. The van der Waals surface area contributed by atoms with Crippen LogP contribution in [0.1, 0.15) is 18.2 Å². The Balaban J connectivity index is 2.67. The standard InChI is InChI=1S/C11H13NO3/c1-2-15-11(14)4-3-10-7-9(8-13)5-6-12-10/h3-7,13H,2,8H2,1H3. The van der Waals surface area contributed by atoms with E-state index in [0.717, 1.165) is 5.56 Å². The van der Waals surface area contributed by atoms with Crippen LogP contribution < -0.4 is 0 Å². The number of pyridine rings is 1. The van der Waals surface area contributed by atoms with E-state index in [1.807, 2.05) is 0 Å². The van der Waals surface area contributed by atoms with Crippen LogP contribution in [0, 0.1) is 0 Å². The summed E-state index contributed by atoms with van der Waals surface area (Å²) in [5.41, 5.74) is 1.38. The van der Waals surface area contributed by atoms with Gasteiger partial charge in [-0.2, -0.15) is 0 Å². The first-order valence-corrected chi connectivity index (χ1v) is 4.67. The SMILES string of the molecule is CCOC(=O)C=Cc1cc(CO)ccn1. The summed E-state index contributed by atoms with van der Waals surface area (Å²) in [5.74, 6) is -0.395. The summed E-state index contributed by atoms with van der Waals surface area (Å²) in [5, 5.41) is 8.88. The van der Waals surface area contributed by atoms with E-state index in [9.17, 15) is 4.79 Å². The molecule has 0 aromatic carbocycles. The van der Waals surface area contributed by atoms with Gasteiger partial charge in [0.15, 0.2) is 0 Å². The molecule has 80 valence electrons. The van der Waals surface area contributed by atoms with E-state index in [1.165, 1.54) is 6.08 Å². The van der Waals surface area contributed by atoms with Gasteiger partial charge in [-0.25, -0.2) is 4.79 Å². The quantitative estimate of drug-likeness (QED) is 0.594. The number of aliphatic hydroxyl groups excluding tert-OH is 1. The van der Waals surface area contributed by atoms with Gasteiger partial charge in [-0.3, -0.25) is 4.98 Å². The van der Waals surface area contributed by atoms with E-state index < -0.39 is 5.97 Å². The van der Waals surface area contributed by atoms with Crippen LogP contribution in [0.4, 0.5) is 0 Å². The molecule has 0 radical (unpaired) electrons. The number of hydrogen-bond acceptors (Lipinski definition) is 4. The lowest BCUT2D eigenvalue weighted by molar-refractivity contribution is -0.137. The Kier molecular flexibility index (Phi) is 4.50. The summed E-state index contributed by atoms with van der Waals surface area (Å²) in [6.45, 7) is 2.06. The Bertz CT molecular complexity index is 361. The Hall–Kier alpha value is -1.68. The van der Waals surface area contributed by atoms with Crippen molar-refractivity contribution in [3.05, 3.63) is 35.7 Å². The van der Waals surface area contributed by atoms with Crippen molar-refractivity contribution < 1.29 is 14.6 Å². The molecule has 1 N–H and O–H groups in total. The summed E-state index contributed by atoms with van der Waals surface area (Å²) in [7, 11) is 0. The van der Waals surface area contributed by atoms with E-state index >= 15 is 0 Å². The minimum absolute atomic E-state index is 0.0389. The van der Waals surface area contributed by atoms with Crippen molar-refractivity contribution in [3.63, 3.8) is 0 Å². The van der Waals surface area contributed by atoms with Gasteiger partial charge in [0.25, 0.3) is 0 Å². The molecular formula is C11H13NO3. The molecule has 0 unspecified atom stereocenters. The van der Waals surface area contributed by atoms with Gasteiger partial charge in [0.1, 0.15) is 0 Å². The maximum absolute atomic E-state index is 11.0. The van der Waals surface area contributed by atoms with Gasteiger partial charge in [0.05, 0.1) is 18.9 Å². The minimum Gasteiger partial charge on any atom is -0.463 e. The molecule has 4 heteroatoms. The van der Waals surface area contributed by atoms with Crippen molar-refractivity contribution in [2.24, 2.45) is 0 Å². The molecule has 1 heterocycles. The highest BCUT2D eigenvalue weighted by Crippen LogP contribution is 2.03. The molecule has 0 saturated heterocycles. The van der Waals surface area contributed by atoms with Gasteiger partial charge in [0, 0.05) is 12.3 Å². The topological polar surface area (TPSA) is 59.4 Å². The third kappa shape index (κ3) is 3.91. The molecule has 0 aliphatic rings. The van der Waals surface area contributed by atoms with Crippen LogP contribution in [-0.2, 0) is 16.1 Å². The van der Waals surface area contributed by atoms with Gasteiger partial charge in [-0.1, -0.05) is 0 Å². The van der Waals surface area contributed by atoms with E-state index in [1.54, 1.807) is 31.3 Å². The second-order valence-electron chi connectivity index (χ2n) is 2.83. The van der Waals surface area contributed by atoms with Crippen molar-refractivity contribution >= 4 is 12.0 Å². The van der Waals surface area contributed by atoms with E-state index in [4.69, 9.17) is 9.84 Å². The second kappa shape index (κ2) is 5.93. The Morgan fingerprint density at radius 1 is 1.67 bits per heavy atom. The molecular weight excluding hydrogens is 194 g/mol. The fourth-order valence-electron chi connectivity index (χ4n) is 1.03. The lowest BCUT2D eigenvalue weighted by Crippen LogP contribution is -1.98. The monoisotopic (exact) mass is 207 g/mol. The number of esters is 1. The Morgan fingerprint density at radius 3 is 3.13 bits per heavy atom. The number of aliphatic hydroxyl groups is 1. The van der Waals surface area contributed by atoms with Crippen LogP contribution in [0.15, 0.2) is 24.4 Å². The van der Waals surface area contributed by atoms with E-state index in [0.29, 0.717) is 12.3 Å². The van der Waals surface area contributed by atoms with Crippen LogP contribution in [0.25, 0.3) is 6.08 Å². The van der Waals surface area contributed by atoms with Crippen LogP contribution in [-0.4, -0.2) is 22.7 Å². The van der Waals surface area contributed by atoms with Gasteiger partial charge < -0.3 is 9.84 Å². The number of hydrogen-bond donors (Lipinski definition) is 1. The molecule has 1 aromatic rings. The Morgan fingerprint density at radius 2 is 2.47 bits per heavy atom. The van der Waals surface area contributed by atoms with Crippen molar-refractivity contribution in [2.75, 3.05) is 6.61 Å². The summed E-state index contributed by atoms with van der Waals surface area (Å²) in [6.07, 6.45) is 4.44. The molecule has 15 heavy (non-hydrogen) atoms. The first kappa shape index (κ1) is 11.4. The highest BCUT2D eigenvalue weighted by atomic mass is 16.5. The first-order valence-electron chi connectivity index (χ1n) is 4.67. The van der Waals surface area contributed by atoms with E-state index in [-0.39, 0.29) is 6.61 Å². The third-order valence-electron chi connectivity index (χ3n) is 1.70. The maximum atomic E-state index is 11.0. The van der Waals surface area contributed by atoms with Crippen molar-refractivity contribution in [2.45, 2.75) is 13.5 Å². The van der Waals surface area contributed by atoms with Gasteiger partial charge in [-0.05, 0) is 30.7 Å². The fraction of sp³-hybridized carbons (Fsp3) is 0.273. The molecule has 4 nitrogen and oxygen atoms in total. The number of ether oxygens (including phenoxy) is 1. The molecule has 0 aliphatic heterocycles. The summed E-state index contributed by atoms with van der Waals surface area (Å²) >= 11 is 0. The third-order valence-corrected chi connectivity index (χ3v) is 1.70. The zero-order chi connectivity index (χ0) is 11.1. The fourth-order valence-corrected chi connectivity index (χ4v) is 1.03. The molecule has 1 rings (SSSR count). The zero-order valence-corrected chi connectivity index (χ0v) is 8.51. The number of aromatic nitrogens is 1. The van der Waals surface area contributed by atoms with Crippen LogP contribution >= 0.6 is 0 Å². The Labute approximate surface area is 88.2 Å². The van der Waals surface area contributed by atoms with Gasteiger partial charge in [-0.15, -0.1) is 0 Å². The van der Waals surface area contributed by atoms with Crippen LogP contribution in [0.5, 0.6) is 0 Å². The zero-order valence-electron chi connectivity index (χ0n) is 8.51. The van der Waals surface area contributed by atoms with Crippen molar-refractivity contribution in [1.29, 1.82) is 0 Å². The number of carbonyl (C=O) groups excluding carboxylic acids is 1. The average Bonchev–Trinajstić information content (AvgIpc) is 2.27. The molecule has 0 atom stereocenters. The lowest BCUT2D eigenvalue weighted by atomic mass is 10.2. The first-order chi connectivity index (χ1) is 7.26. The highest BCUT2D eigenvalue weighted by Gasteiger charge is 1.95. The largest absolute Gasteiger partial charge is 0.463 e. The summed E-state index contributed by atoms with van der Waals surface area (Å²) in [6, 6.07) is 3.41. The smallest absolute Gasteiger partial charge is 0.330 e. The van der Waals surface area contributed by atoms with Crippen molar-refractivity contribution in [1.82, 2.24) is 4.98 Å². The second-order valence-corrected chi connectivity index (χ2v) is 2.83. The number of carbonyl (C=O) groups is 1. The normalized spacial score (nSPS) is 10.5. The predicted octanol–water partition coefficient (Wildman–Crippen LogP) is 1.15. The number of rotatable bonds is 4.